The molecule has 17 heavy (non-hydrogen) atoms. The van der Waals surface area contributed by atoms with Crippen molar-refractivity contribution in [2.75, 3.05) is 0 Å². The van der Waals surface area contributed by atoms with E-state index in [0.717, 1.165) is 9.35 Å². The molecule has 90 valence electrons. The monoisotopic (exact) mass is 316 g/mol. The Kier molecular flexibility index (Phi) is 3.53. The van der Waals surface area contributed by atoms with Gasteiger partial charge in [-0.25, -0.2) is 4.68 Å². The minimum atomic E-state index is -0.863. The van der Waals surface area contributed by atoms with Gasteiger partial charge in [-0.05, 0) is 32.4 Å². The van der Waals surface area contributed by atoms with Gasteiger partial charge in [0, 0.05) is 10.9 Å². The molecule has 0 saturated heterocycles. The molecule has 0 spiro atoms. The second-order valence-electron chi connectivity index (χ2n) is 3.56. The summed E-state index contributed by atoms with van der Waals surface area (Å²) in [5.74, 6) is -0.808. The van der Waals surface area contributed by atoms with Gasteiger partial charge in [-0.2, -0.15) is 0 Å². The van der Waals surface area contributed by atoms with Gasteiger partial charge < -0.3 is 5.11 Å². The summed E-state index contributed by atoms with van der Waals surface area (Å²) < 4.78 is 2.49. The zero-order valence-electron chi connectivity index (χ0n) is 8.87. The third kappa shape index (κ3) is 2.70. The van der Waals surface area contributed by atoms with Crippen LogP contribution < -0.4 is 0 Å². The molecule has 2 rings (SSSR count). The minimum absolute atomic E-state index is 0.255. The predicted molar refractivity (Wildman–Crippen MR) is 65.6 cm³/mol. The van der Waals surface area contributed by atoms with Crippen molar-refractivity contribution in [3.8, 4) is 11.4 Å². The molecule has 0 bridgehead atoms. The zero-order chi connectivity index (χ0) is 12.4. The quantitative estimate of drug-likeness (QED) is 0.931. The number of tetrazole rings is 1. The molecule has 6 nitrogen and oxygen atoms in total. The van der Waals surface area contributed by atoms with Gasteiger partial charge in [0.1, 0.15) is 0 Å². The van der Waals surface area contributed by atoms with Gasteiger partial charge >= 0.3 is 5.97 Å². The number of aromatic nitrogens is 4. The summed E-state index contributed by atoms with van der Waals surface area (Å²) in [5.41, 5.74) is 0.879. The second-order valence-corrected chi connectivity index (χ2v) is 5.85. The van der Waals surface area contributed by atoms with Crippen LogP contribution in [0, 0.1) is 5.92 Å². The number of nitrogens with zero attached hydrogens (tertiary/aromatic N) is 4. The number of hydrogen-bond acceptors (Lipinski definition) is 5. The number of thiophene rings is 1. The van der Waals surface area contributed by atoms with Crippen molar-refractivity contribution in [3.63, 3.8) is 0 Å². The first-order chi connectivity index (χ1) is 8.08. The fourth-order valence-corrected chi connectivity index (χ4v) is 2.43. The van der Waals surface area contributed by atoms with Crippen LogP contribution in [0.4, 0.5) is 0 Å². The van der Waals surface area contributed by atoms with E-state index in [9.17, 15) is 4.79 Å². The molecule has 2 aromatic heterocycles. The van der Waals surface area contributed by atoms with Crippen LogP contribution in [-0.4, -0.2) is 31.3 Å². The number of hydrogen-bond donors (Lipinski definition) is 1. The molecule has 0 aromatic carbocycles. The average molecular weight is 317 g/mol. The summed E-state index contributed by atoms with van der Waals surface area (Å²) in [6.45, 7) is 1.88. The van der Waals surface area contributed by atoms with E-state index in [0.29, 0.717) is 5.82 Å². The zero-order valence-corrected chi connectivity index (χ0v) is 11.3. The number of carboxylic acids is 1. The van der Waals surface area contributed by atoms with Gasteiger partial charge in [-0.3, -0.25) is 4.79 Å². The van der Waals surface area contributed by atoms with Gasteiger partial charge in [0.2, 0.25) is 0 Å². The Labute approximate surface area is 109 Å². The first-order valence-corrected chi connectivity index (χ1v) is 6.48. The van der Waals surface area contributed by atoms with Crippen LogP contribution in [-0.2, 0) is 11.3 Å². The van der Waals surface area contributed by atoms with E-state index in [2.05, 4.69) is 31.5 Å². The maximum absolute atomic E-state index is 10.8. The van der Waals surface area contributed by atoms with Gasteiger partial charge in [0.05, 0.1) is 16.2 Å². The van der Waals surface area contributed by atoms with Crippen LogP contribution in [0.25, 0.3) is 11.4 Å². The molecule has 8 heteroatoms. The van der Waals surface area contributed by atoms with Crippen molar-refractivity contribution >= 4 is 33.2 Å². The van der Waals surface area contributed by atoms with E-state index in [1.807, 2.05) is 11.4 Å². The van der Waals surface area contributed by atoms with Gasteiger partial charge in [0.15, 0.2) is 5.82 Å². The Morgan fingerprint density at radius 1 is 1.71 bits per heavy atom. The molecule has 0 radical (unpaired) electrons. The topological polar surface area (TPSA) is 80.9 Å². The lowest BCUT2D eigenvalue weighted by Gasteiger charge is -2.06. The van der Waals surface area contributed by atoms with Crippen molar-refractivity contribution in [2.24, 2.45) is 5.92 Å². The summed E-state index contributed by atoms with van der Waals surface area (Å²) in [4.78, 5) is 10.8. The van der Waals surface area contributed by atoms with Crippen molar-refractivity contribution in [1.82, 2.24) is 20.2 Å². The van der Waals surface area contributed by atoms with Crippen molar-refractivity contribution in [1.29, 1.82) is 0 Å². The fraction of sp³-hybridized carbons (Fsp3) is 0.333. The van der Waals surface area contributed by atoms with E-state index in [4.69, 9.17) is 5.11 Å². The molecular formula is C9H9BrN4O2S. The summed E-state index contributed by atoms with van der Waals surface area (Å²) in [7, 11) is 0. The number of carboxylic acid groups (broad SMARTS) is 1. The highest BCUT2D eigenvalue weighted by molar-refractivity contribution is 9.11. The van der Waals surface area contributed by atoms with Crippen molar-refractivity contribution < 1.29 is 9.90 Å². The second kappa shape index (κ2) is 4.92. The van der Waals surface area contributed by atoms with Gasteiger partial charge in [-0.1, -0.05) is 6.92 Å². The van der Waals surface area contributed by atoms with Crippen LogP contribution in [0.2, 0.25) is 0 Å². The van der Waals surface area contributed by atoms with Gasteiger partial charge in [-0.15, -0.1) is 16.4 Å². The smallest absolute Gasteiger partial charge is 0.308 e. The largest absolute Gasteiger partial charge is 0.481 e. The molecule has 2 aromatic rings. The lowest BCUT2D eigenvalue weighted by atomic mass is 10.2. The van der Waals surface area contributed by atoms with Crippen LogP contribution in [0.5, 0.6) is 0 Å². The lowest BCUT2D eigenvalue weighted by molar-refractivity contribution is -0.141. The van der Waals surface area contributed by atoms with Gasteiger partial charge in [0.25, 0.3) is 0 Å². The van der Waals surface area contributed by atoms with E-state index in [-0.39, 0.29) is 6.54 Å². The summed E-state index contributed by atoms with van der Waals surface area (Å²) in [6.07, 6.45) is 0. The molecule has 0 aliphatic carbocycles. The van der Waals surface area contributed by atoms with E-state index < -0.39 is 11.9 Å². The van der Waals surface area contributed by atoms with E-state index in [1.54, 1.807) is 6.92 Å². The minimum Gasteiger partial charge on any atom is -0.481 e. The fourth-order valence-electron chi connectivity index (χ4n) is 1.30. The number of carbonyl (C=O) groups is 1. The SMILES string of the molecule is CC(Cn1nnnc1-c1csc(Br)c1)C(=O)O. The Morgan fingerprint density at radius 2 is 2.47 bits per heavy atom. The highest BCUT2D eigenvalue weighted by Gasteiger charge is 2.17. The lowest BCUT2D eigenvalue weighted by Crippen LogP contribution is -2.18. The standard InChI is InChI=1S/C9H9BrN4O2S/c1-5(9(15)16)3-14-8(11-12-13-14)6-2-7(10)17-4-6/h2,4-5H,3H2,1H3,(H,15,16). The van der Waals surface area contributed by atoms with Crippen LogP contribution in [0.3, 0.4) is 0 Å². The first kappa shape index (κ1) is 12.2. The normalized spacial score (nSPS) is 12.6. The Bertz CT molecular complexity index is 539. The maximum Gasteiger partial charge on any atom is 0.308 e. The predicted octanol–water partition coefficient (Wildman–Crippen LogP) is 1.88. The summed E-state index contributed by atoms with van der Waals surface area (Å²) in [6, 6.07) is 1.90. The van der Waals surface area contributed by atoms with E-state index >= 15 is 0 Å². The number of aliphatic carboxylic acids is 1. The summed E-state index contributed by atoms with van der Waals surface area (Å²) in [5, 5.41) is 22.1. The molecular weight excluding hydrogens is 308 g/mol. The number of rotatable bonds is 4. The molecule has 0 fully saturated rings. The Balaban J connectivity index is 2.26. The Hall–Kier alpha value is -1.28. The van der Waals surface area contributed by atoms with Crippen molar-refractivity contribution in [2.45, 2.75) is 13.5 Å². The molecule has 0 aliphatic heterocycles. The molecule has 1 N–H and O–H groups in total. The highest BCUT2D eigenvalue weighted by Crippen LogP contribution is 2.27. The Morgan fingerprint density at radius 3 is 3.06 bits per heavy atom. The molecule has 1 unspecified atom stereocenters. The van der Waals surface area contributed by atoms with Crippen LogP contribution in [0.15, 0.2) is 15.2 Å². The highest BCUT2D eigenvalue weighted by atomic mass is 79.9. The molecule has 0 aliphatic rings. The maximum atomic E-state index is 10.8. The van der Waals surface area contributed by atoms with E-state index in [1.165, 1.54) is 16.0 Å². The summed E-state index contributed by atoms with van der Waals surface area (Å²) >= 11 is 4.89. The number of halogens is 1. The van der Waals surface area contributed by atoms with Crippen molar-refractivity contribution in [3.05, 3.63) is 15.2 Å². The van der Waals surface area contributed by atoms with Crippen LogP contribution in [0.1, 0.15) is 6.92 Å². The molecule has 1 atom stereocenters. The average Bonchev–Trinajstić information content (AvgIpc) is 2.86. The molecule has 0 amide bonds. The van der Waals surface area contributed by atoms with Crippen LogP contribution >= 0.6 is 27.3 Å². The molecule has 0 saturated carbocycles. The third-order valence-electron chi connectivity index (χ3n) is 2.23. The molecule has 2 heterocycles. The third-order valence-corrected chi connectivity index (χ3v) is 3.73. The first-order valence-electron chi connectivity index (χ1n) is 4.81.